The van der Waals surface area contributed by atoms with Crippen LogP contribution < -0.4 is 4.74 Å². The van der Waals surface area contributed by atoms with Crippen molar-refractivity contribution in [2.45, 2.75) is 77.0 Å². The standard InChI is InChI=1S/C28H34F2O2/c1-2-3-4-5-19-6-7-21-17-22(9-8-20(21)16-19)26-15-10-23(18-27(26)30)28(31)32-25-13-11-24(29)12-14-25/h10-15,18-22H,2-9,16-17H2,1H3. The Labute approximate surface area is 190 Å². The zero-order chi connectivity index (χ0) is 22.5. The Morgan fingerprint density at radius 1 is 0.938 bits per heavy atom. The van der Waals surface area contributed by atoms with Crippen molar-refractivity contribution in [1.82, 2.24) is 0 Å². The Bertz CT molecular complexity index is 908. The lowest BCUT2D eigenvalue weighted by Gasteiger charge is -2.42. The molecule has 172 valence electrons. The van der Waals surface area contributed by atoms with E-state index < -0.39 is 11.8 Å². The van der Waals surface area contributed by atoms with Crippen molar-refractivity contribution in [2.75, 3.05) is 0 Å². The molecule has 4 heteroatoms. The van der Waals surface area contributed by atoms with Crippen LogP contribution in [0.3, 0.4) is 0 Å². The number of halogens is 2. The van der Waals surface area contributed by atoms with E-state index in [2.05, 4.69) is 6.92 Å². The third-order valence-corrected chi connectivity index (χ3v) is 7.64. The van der Waals surface area contributed by atoms with Crippen molar-refractivity contribution in [3.05, 3.63) is 65.2 Å². The van der Waals surface area contributed by atoms with Crippen molar-refractivity contribution >= 4 is 5.97 Å². The second-order valence-electron chi connectivity index (χ2n) is 9.78. The number of carbonyl (C=O) groups excluding carboxylic acids is 1. The third-order valence-electron chi connectivity index (χ3n) is 7.64. The number of rotatable bonds is 7. The smallest absolute Gasteiger partial charge is 0.343 e. The van der Waals surface area contributed by atoms with Gasteiger partial charge in [0, 0.05) is 0 Å². The van der Waals surface area contributed by atoms with Gasteiger partial charge in [-0.25, -0.2) is 13.6 Å². The van der Waals surface area contributed by atoms with Gasteiger partial charge in [-0.05, 0) is 97.7 Å². The first-order valence-corrected chi connectivity index (χ1v) is 12.3. The van der Waals surface area contributed by atoms with E-state index in [4.69, 9.17) is 4.74 Å². The van der Waals surface area contributed by atoms with Gasteiger partial charge in [0.1, 0.15) is 17.4 Å². The number of benzene rings is 2. The maximum Gasteiger partial charge on any atom is 0.343 e. The van der Waals surface area contributed by atoms with E-state index in [1.807, 2.05) is 0 Å². The molecule has 0 amide bonds. The fraction of sp³-hybridized carbons (Fsp3) is 0.536. The summed E-state index contributed by atoms with van der Waals surface area (Å²) >= 11 is 0. The predicted octanol–water partition coefficient (Wildman–Crippen LogP) is 8.06. The highest BCUT2D eigenvalue weighted by Gasteiger charge is 2.36. The van der Waals surface area contributed by atoms with Crippen molar-refractivity contribution in [3.8, 4) is 5.75 Å². The summed E-state index contributed by atoms with van der Waals surface area (Å²) in [5.41, 5.74) is 0.906. The molecule has 0 saturated heterocycles. The number of fused-ring (bicyclic) bond motifs is 1. The van der Waals surface area contributed by atoms with Gasteiger partial charge in [0.15, 0.2) is 0 Å². The number of ether oxygens (including phenoxy) is 1. The van der Waals surface area contributed by atoms with E-state index in [-0.39, 0.29) is 23.0 Å². The minimum absolute atomic E-state index is 0.178. The largest absolute Gasteiger partial charge is 0.423 e. The molecule has 2 aliphatic rings. The molecule has 2 aromatic rings. The summed E-state index contributed by atoms with van der Waals surface area (Å²) in [6, 6.07) is 9.92. The highest BCUT2D eigenvalue weighted by atomic mass is 19.1. The van der Waals surface area contributed by atoms with Crippen LogP contribution in [0.2, 0.25) is 0 Å². The van der Waals surface area contributed by atoms with Crippen LogP contribution in [0.4, 0.5) is 8.78 Å². The summed E-state index contributed by atoms with van der Waals surface area (Å²) < 4.78 is 33.2. The molecule has 2 saturated carbocycles. The first-order valence-electron chi connectivity index (χ1n) is 12.3. The quantitative estimate of drug-likeness (QED) is 0.247. The zero-order valence-electron chi connectivity index (χ0n) is 19.0. The van der Waals surface area contributed by atoms with Crippen molar-refractivity contribution < 1.29 is 18.3 Å². The fourth-order valence-corrected chi connectivity index (χ4v) is 5.87. The van der Waals surface area contributed by atoms with Gasteiger partial charge in [-0.1, -0.05) is 45.1 Å². The van der Waals surface area contributed by atoms with Crippen LogP contribution in [0.25, 0.3) is 0 Å². The molecular weight excluding hydrogens is 406 g/mol. The number of hydrogen-bond donors (Lipinski definition) is 0. The molecular formula is C28H34F2O2. The molecule has 0 aliphatic heterocycles. The molecule has 2 aromatic carbocycles. The first-order chi connectivity index (χ1) is 15.5. The Hall–Kier alpha value is -2.23. The number of carbonyl (C=O) groups is 1. The average Bonchev–Trinajstić information content (AvgIpc) is 2.80. The lowest BCUT2D eigenvalue weighted by molar-refractivity contribution is 0.0734. The Balaban J connectivity index is 1.35. The van der Waals surface area contributed by atoms with E-state index in [1.54, 1.807) is 12.1 Å². The van der Waals surface area contributed by atoms with Crippen LogP contribution in [0.1, 0.15) is 93.0 Å². The highest BCUT2D eigenvalue weighted by Crippen LogP contribution is 2.48. The van der Waals surface area contributed by atoms with E-state index in [1.165, 1.54) is 81.7 Å². The van der Waals surface area contributed by atoms with Crippen LogP contribution >= 0.6 is 0 Å². The molecule has 2 fully saturated rings. The topological polar surface area (TPSA) is 26.3 Å². The average molecular weight is 441 g/mol. The number of unbranched alkanes of at least 4 members (excludes halogenated alkanes) is 2. The van der Waals surface area contributed by atoms with Gasteiger partial charge in [0.05, 0.1) is 5.56 Å². The van der Waals surface area contributed by atoms with Gasteiger partial charge in [0.2, 0.25) is 0 Å². The SMILES string of the molecule is CCCCCC1CCC2CC(c3ccc(C(=O)Oc4ccc(F)cc4)cc3F)CCC2C1. The van der Waals surface area contributed by atoms with Crippen LogP contribution in [0.15, 0.2) is 42.5 Å². The van der Waals surface area contributed by atoms with Crippen molar-refractivity contribution in [3.63, 3.8) is 0 Å². The minimum Gasteiger partial charge on any atom is -0.423 e. The van der Waals surface area contributed by atoms with E-state index in [9.17, 15) is 13.6 Å². The zero-order valence-corrected chi connectivity index (χ0v) is 19.0. The fourth-order valence-electron chi connectivity index (χ4n) is 5.87. The maximum absolute atomic E-state index is 15.0. The molecule has 0 radical (unpaired) electrons. The number of esters is 1. The van der Waals surface area contributed by atoms with Gasteiger partial charge in [-0.15, -0.1) is 0 Å². The van der Waals surface area contributed by atoms with Gasteiger partial charge >= 0.3 is 5.97 Å². The lowest BCUT2D eigenvalue weighted by Crippen LogP contribution is -2.30. The van der Waals surface area contributed by atoms with Gasteiger partial charge < -0.3 is 4.74 Å². The second-order valence-corrected chi connectivity index (χ2v) is 9.78. The Morgan fingerprint density at radius 3 is 2.44 bits per heavy atom. The van der Waals surface area contributed by atoms with E-state index >= 15 is 0 Å². The molecule has 0 N–H and O–H groups in total. The predicted molar refractivity (Wildman–Crippen MR) is 123 cm³/mol. The minimum atomic E-state index is -0.632. The van der Waals surface area contributed by atoms with Crippen molar-refractivity contribution in [1.29, 1.82) is 0 Å². The lowest BCUT2D eigenvalue weighted by atomic mass is 9.63. The second kappa shape index (κ2) is 10.6. The molecule has 32 heavy (non-hydrogen) atoms. The maximum atomic E-state index is 15.0. The highest BCUT2D eigenvalue weighted by molar-refractivity contribution is 5.91. The van der Waals surface area contributed by atoms with Crippen LogP contribution in [-0.4, -0.2) is 5.97 Å². The Morgan fingerprint density at radius 2 is 1.69 bits per heavy atom. The van der Waals surface area contributed by atoms with Crippen LogP contribution in [0.5, 0.6) is 5.75 Å². The summed E-state index contributed by atoms with van der Waals surface area (Å²) in [7, 11) is 0. The molecule has 0 bridgehead atoms. The summed E-state index contributed by atoms with van der Waals surface area (Å²) in [4.78, 5) is 12.4. The molecule has 2 aliphatic carbocycles. The molecule has 0 spiro atoms. The normalized spacial score (nSPS) is 25.2. The summed E-state index contributed by atoms with van der Waals surface area (Å²) in [6.07, 6.45) is 12.6. The summed E-state index contributed by atoms with van der Waals surface area (Å²) in [5, 5.41) is 0. The molecule has 2 nitrogen and oxygen atoms in total. The molecule has 0 heterocycles. The first kappa shape index (κ1) is 22.9. The third kappa shape index (κ3) is 5.57. The van der Waals surface area contributed by atoms with E-state index in [0.717, 1.165) is 30.2 Å². The van der Waals surface area contributed by atoms with Crippen molar-refractivity contribution in [2.24, 2.45) is 17.8 Å². The van der Waals surface area contributed by atoms with Gasteiger partial charge in [-0.2, -0.15) is 0 Å². The Kier molecular flexibility index (Phi) is 7.59. The molecule has 4 unspecified atom stereocenters. The number of hydrogen-bond acceptors (Lipinski definition) is 2. The van der Waals surface area contributed by atoms with E-state index in [0.29, 0.717) is 5.92 Å². The molecule has 0 aromatic heterocycles. The summed E-state index contributed by atoms with van der Waals surface area (Å²) in [5.74, 6) is 1.52. The van der Waals surface area contributed by atoms with Crippen LogP contribution in [0, 0.1) is 29.4 Å². The van der Waals surface area contributed by atoms with Gasteiger partial charge in [0.25, 0.3) is 0 Å². The summed E-state index contributed by atoms with van der Waals surface area (Å²) in [6.45, 7) is 2.26. The monoisotopic (exact) mass is 440 g/mol. The molecule has 4 atom stereocenters. The van der Waals surface area contributed by atoms with Crippen LogP contribution in [-0.2, 0) is 0 Å². The van der Waals surface area contributed by atoms with Gasteiger partial charge in [-0.3, -0.25) is 0 Å². The molecule has 4 rings (SSSR count).